The Hall–Kier alpha value is -1.93. The lowest BCUT2D eigenvalue weighted by molar-refractivity contribution is -0.133. The molecule has 0 aromatic carbocycles. The largest absolute Gasteiger partial charge is 0.360 e. The fourth-order valence-electron chi connectivity index (χ4n) is 2.51. The maximum atomic E-state index is 12.1. The van der Waals surface area contributed by atoms with Crippen molar-refractivity contribution in [3.05, 3.63) is 11.8 Å². The van der Waals surface area contributed by atoms with Crippen molar-refractivity contribution in [1.82, 2.24) is 19.9 Å². The van der Waals surface area contributed by atoms with Gasteiger partial charge >= 0.3 is 0 Å². The van der Waals surface area contributed by atoms with Crippen LogP contribution in [0, 0.1) is 6.92 Å². The predicted octanol–water partition coefficient (Wildman–Crippen LogP) is 0.406. The van der Waals surface area contributed by atoms with Crippen LogP contribution in [-0.4, -0.2) is 84.0 Å². The molecule has 2 heterocycles. The van der Waals surface area contributed by atoms with Crippen LogP contribution >= 0.6 is 0 Å². The third-order valence-corrected chi connectivity index (χ3v) is 4.25. The minimum Gasteiger partial charge on any atom is -0.360 e. The monoisotopic (exact) mass is 337 g/mol. The van der Waals surface area contributed by atoms with Gasteiger partial charge in [0, 0.05) is 45.3 Å². The lowest BCUT2D eigenvalue weighted by atomic mass is 10.3. The normalized spacial score (nSPS) is 16.4. The second-order valence-corrected chi connectivity index (χ2v) is 6.52. The Morgan fingerprint density at radius 1 is 1.25 bits per heavy atom. The fraction of sp³-hybridized carbons (Fsp3) is 0.688. The van der Waals surface area contributed by atoms with Crippen molar-refractivity contribution in [3.8, 4) is 0 Å². The number of anilines is 1. The summed E-state index contributed by atoms with van der Waals surface area (Å²) >= 11 is 0. The molecule has 1 N–H and O–H groups in total. The fourth-order valence-corrected chi connectivity index (χ4v) is 2.51. The van der Waals surface area contributed by atoms with Gasteiger partial charge < -0.3 is 14.7 Å². The highest BCUT2D eigenvalue weighted by Crippen LogP contribution is 2.08. The van der Waals surface area contributed by atoms with Crippen molar-refractivity contribution in [3.63, 3.8) is 0 Å². The summed E-state index contributed by atoms with van der Waals surface area (Å²) in [6.45, 7) is 9.65. The molecular formula is C16H27N5O3. The summed E-state index contributed by atoms with van der Waals surface area (Å²) in [4.78, 5) is 30.1. The zero-order chi connectivity index (χ0) is 17.7. The van der Waals surface area contributed by atoms with Crippen molar-refractivity contribution in [2.45, 2.75) is 26.8 Å². The van der Waals surface area contributed by atoms with Gasteiger partial charge in [0.1, 0.15) is 5.76 Å². The number of carbonyl (C=O) groups excluding carboxylic acids is 2. The maximum Gasteiger partial charge on any atom is 0.239 e. The Bertz CT molecular complexity index is 564. The number of aryl methyl sites for hydroxylation is 1. The molecule has 8 nitrogen and oxygen atoms in total. The minimum atomic E-state index is -0.104. The van der Waals surface area contributed by atoms with Crippen LogP contribution in [0.25, 0.3) is 0 Å². The van der Waals surface area contributed by atoms with E-state index in [0.29, 0.717) is 24.7 Å². The van der Waals surface area contributed by atoms with Crippen molar-refractivity contribution in [2.75, 3.05) is 51.6 Å². The van der Waals surface area contributed by atoms with E-state index < -0.39 is 0 Å². The molecule has 1 aromatic heterocycles. The maximum absolute atomic E-state index is 12.1. The number of rotatable bonds is 6. The zero-order valence-electron chi connectivity index (χ0n) is 14.9. The third kappa shape index (κ3) is 5.31. The SMILES string of the molecule is Cc1cc(NC(=O)CN2CCN(CC(=O)N(C)C(C)C)CC2)no1. The van der Waals surface area contributed by atoms with Crippen molar-refractivity contribution in [1.29, 1.82) is 0 Å². The number of likely N-dealkylation sites (N-methyl/N-ethyl adjacent to an activating group) is 1. The lowest BCUT2D eigenvalue weighted by Crippen LogP contribution is -2.51. The molecular weight excluding hydrogens is 310 g/mol. The first kappa shape index (κ1) is 18.4. The molecule has 1 aliphatic rings. The molecule has 1 fully saturated rings. The van der Waals surface area contributed by atoms with Crippen LogP contribution in [-0.2, 0) is 9.59 Å². The van der Waals surface area contributed by atoms with Gasteiger partial charge in [-0.2, -0.15) is 0 Å². The van der Waals surface area contributed by atoms with E-state index in [-0.39, 0.29) is 17.9 Å². The molecule has 0 bridgehead atoms. The Labute approximate surface area is 142 Å². The summed E-state index contributed by atoms with van der Waals surface area (Å²) in [6, 6.07) is 1.90. The van der Waals surface area contributed by atoms with Crippen LogP contribution in [0.5, 0.6) is 0 Å². The average Bonchev–Trinajstić information content (AvgIpc) is 2.93. The Morgan fingerprint density at radius 2 is 1.83 bits per heavy atom. The number of aromatic nitrogens is 1. The van der Waals surface area contributed by atoms with Crippen LogP contribution in [0.4, 0.5) is 5.82 Å². The number of piperazine rings is 1. The summed E-state index contributed by atoms with van der Waals surface area (Å²) in [5.41, 5.74) is 0. The second-order valence-electron chi connectivity index (χ2n) is 6.52. The van der Waals surface area contributed by atoms with Crippen LogP contribution in [0.2, 0.25) is 0 Å². The van der Waals surface area contributed by atoms with Crippen molar-refractivity contribution < 1.29 is 14.1 Å². The van der Waals surface area contributed by atoms with Gasteiger partial charge in [0.05, 0.1) is 13.1 Å². The van der Waals surface area contributed by atoms with Gasteiger partial charge in [-0.25, -0.2) is 0 Å². The van der Waals surface area contributed by atoms with E-state index >= 15 is 0 Å². The topological polar surface area (TPSA) is 81.9 Å². The molecule has 8 heteroatoms. The smallest absolute Gasteiger partial charge is 0.239 e. The molecule has 1 saturated heterocycles. The Morgan fingerprint density at radius 3 is 2.33 bits per heavy atom. The lowest BCUT2D eigenvalue weighted by Gasteiger charge is -2.35. The van der Waals surface area contributed by atoms with E-state index in [1.54, 1.807) is 17.9 Å². The van der Waals surface area contributed by atoms with Gasteiger partial charge in [-0.1, -0.05) is 5.16 Å². The van der Waals surface area contributed by atoms with E-state index in [1.165, 1.54) is 0 Å². The molecule has 2 rings (SSSR count). The van der Waals surface area contributed by atoms with Crippen molar-refractivity contribution >= 4 is 17.6 Å². The molecule has 0 atom stereocenters. The number of nitrogens with one attached hydrogen (secondary N) is 1. The molecule has 0 aliphatic carbocycles. The van der Waals surface area contributed by atoms with Gasteiger partial charge in [-0.3, -0.25) is 19.4 Å². The molecule has 2 amide bonds. The molecule has 1 aromatic rings. The highest BCUT2D eigenvalue weighted by molar-refractivity contribution is 5.91. The Kier molecular flexibility index (Phi) is 6.33. The highest BCUT2D eigenvalue weighted by atomic mass is 16.5. The summed E-state index contributed by atoms with van der Waals surface area (Å²) in [7, 11) is 1.83. The van der Waals surface area contributed by atoms with Gasteiger partial charge in [0.15, 0.2) is 5.82 Å². The average molecular weight is 337 g/mol. The molecule has 0 unspecified atom stereocenters. The van der Waals surface area contributed by atoms with Crippen LogP contribution in [0.15, 0.2) is 10.6 Å². The number of hydrogen-bond acceptors (Lipinski definition) is 6. The van der Waals surface area contributed by atoms with Gasteiger partial charge in [-0.15, -0.1) is 0 Å². The first-order chi connectivity index (χ1) is 11.3. The molecule has 24 heavy (non-hydrogen) atoms. The third-order valence-electron chi connectivity index (χ3n) is 4.25. The molecule has 0 saturated carbocycles. The van der Waals surface area contributed by atoms with E-state index in [2.05, 4.69) is 20.3 Å². The van der Waals surface area contributed by atoms with E-state index in [0.717, 1.165) is 26.2 Å². The first-order valence-electron chi connectivity index (χ1n) is 8.28. The highest BCUT2D eigenvalue weighted by Gasteiger charge is 2.22. The van der Waals surface area contributed by atoms with E-state index in [1.807, 2.05) is 20.9 Å². The first-order valence-corrected chi connectivity index (χ1v) is 8.28. The van der Waals surface area contributed by atoms with Gasteiger partial charge in [0.2, 0.25) is 11.8 Å². The number of hydrogen-bond donors (Lipinski definition) is 1. The number of carbonyl (C=O) groups is 2. The number of amides is 2. The zero-order valence-corrected chi connectivity index (χ0v) is 14.9. The van der Waals surface area contributed by atoms with Crippen LogP contribution < -0.4 is 5.32 Å². The van der Waals surface area contributed by atoms with Crippen LogP contribution in [0.1, 0.15) is 19.6 Å². The second kappa shape index (κ2) is 8.25. The van der Waals surface area contributed by atoms with Crippen LogP contribution in [0.3, 0.4) is 0 Å². The molecule has 0 spiro atoms. The van der Waals surface area contributed by atoms with E-state index in [4.69, 9.17) is 4.52 Å². The Balaban J connectivity index is 1.70. The van der Waals surface area contributed by atoms with E-state index in [9.17, 15) is 9.59 Å². The number of nitrogens with zero attached hydrogens (tertiary/aromatic N) is 4. The standard InChI is InChI=1S/C16H27N5O3/c1-12(2)19(4)16(23)11-21-7-5-20(6-8-21)10-15(22)17-14-9-13(3)24-18-14/h9,12H,5-8,10-11H2,1-4H3,(H,17,18,22). The summed E-state index contributed by atoms with van der Waals surface area (Å²) in [5.74, 6) is 1.14. The minimum absolute atomic E-state index is 0.104. The molecule has 134 valence electrons. The molecule has 0 radical (unpaired) electrons. The predicted molar refractivity (Wildman–Crippen MR) is 90.7 cm³/mol. The van der Waals surface area contributed by atoms with Crippen molar-refractivity contribution in [2.24, 2.45) is 0 Å². The summed E-state index contributed by atoms with van der Waals surface area (Å²) in [6.07, 6.45) is 0. The molecule has 1 aliphatic heterocycles. The summed E-state index contributed by atoms with van der Waals surface area (Å²) < 4.78 is 4.92. The van der Waals surface area contributed by atoms with Gasteiger partial charge in [-0.05, 0) is 20.8 Å². The van der Waals surface area contributed by atoms with Gasteiger partial charge in [0.25, 0.3) is 0 Å². The quantitative estimate of drug-likeness (QED) is 0.809. The summed E-state index contributed by atoms with van der Waals surface area (Å²) in [5, 5.41) is 6.47.